The van der Waals surface area contributed by atoms with Gasteiger partial charge in [-0.3, -0.25) is 4.79 Å². The molecule has 2 aromatic carbocycles. The van der Waals surface area contributed by atoms with Crippen LogP contribution in [0.5, 0.6) is 0 Å². The van der Waals surface area contributed by atoms with Crippen LogP contribution in [0.1, 0.15) is 49.2 Å². The second kappa shape index (κ2) is 11.4. The summed E-state index contributed by atoms with van der Waals surface area (Å²) in [6, 6.07) is 17.3. The van der Waals surface area contributed by atoms with Crippen LogP contribution in [0, 0.1) is 13.8 Å². The van der Waals surface area contributed by atoms with E-state index in [1.165, 1.54) is 16.9 Å². The molecule has 0 radical (unpaired) electrons. The van der Waals surface area contributed by atoms with Gasteiger partial charge in [0, 0.05) is 4.88 Å². The van der Waals surface area contributed by atoms with Gasteiger partial charge >= 0.3 is 11.9 Å². The Balaban J connectivity index is 1.62. The van der Waals surface area contributed by atoms with E-state index in [2.05, 4.69) is 5.32 Å². The molecule has 0 bridgehead atoms. The molecule has 1 aromatic heterocycles. The van der Waals surface area contributed by atoms with Crippen LogP contribution in [-0.2, 0) is 27.1 Å². The highest BCUT2D eigenvalue weighted by atomic mass is 32.1. The number of amides is 1. The van der Waals surface area contributed by atoms with E-state index >= 15 is 0 Å². The number of nitrogens with one attached hydrogen (secondary N) is 1. The number of hydrogen-bond donors (Lipinski definition) is 1. The third-order valence-corrected chi connectivity index (χ3v) is 6.34. The minimum absolute atomic E-state index is 0.238. The summed E-state index contributed by atoms with van der Waals surface area (Å²) >= 11 is 1.29. The minimum Gasteiger partial charge on any atom is -0.462 e. The number of carbonyl (C=O) groups excluding carboxylic acids is 3. The van der Waals surface area contributed by atoms with Crippen LogP contribution in [0.25, 0.3) is 0 Å². The first-order valence-electron chi connectivity index (χ1n) is 10.8. The van der Waals surface area contributed by atoms with Gasteiger partial charge in [-0.15, -0.1) is 11.3 Å². The SMILES string of the molecule is CCOC(=O)c1c(NC(=O)COC(=O)c2ccccc2CCc2ccccc2)sc(C)c1C. The number of rotatable bonds is 9. The standard InChI is InChI=1S/C26H27NO5S/c1-4-31-26(30)23-17(2)18(3)33-24(23)27-22(28)16-32-25(29)21-13-9-8-12-20(21)15-14-19-10-6-5-7-11-19/h5-13H,4,14-16H2,1-3H3,(H,27,28). The lowest BCUT2D eigenvalue weighted by Crippen LogP contribution is -2.22. The Hall–Kier alpha value is -3.45. The lowest BCUT2D eigenvalue weighted by Gasteiger charge is -2.10. The molecule has 0 aliphatic carbocycles. The summed E-state index contributed by atoms with van der Waals surface area (Å²) in [5.41, 5.74) is 3.58. The van der Waals surface area contributed by atoms with E-state index in [1.54, 1.807) is 26.0 Å². The highest BCUT2D eigenvalue weighted by Crippen LogP contribution is 2.33. The van der Waals surface area contributed by atoms with Crippen molar-refractivity contribution in [3.63, 3.8) is 0 Å². The van der Waals surface area contributed by atoms with Crippen LogP contribution >= 0.6 is 11.3 Å². The van der Waals surface area contributed by atoms with E-state index < -0.39 is 24.5 Å². The largest absolute Gasteiger partial charge is 0.462 e. The average molecular weight is 466 g/mol. The van der Waals surface area contributed by atoms with Crippen molar-refractivity contribution in [2.24, 2.45) is 0 Å². The molecule has 0 spiro atoms. The summed E-state index contributed by atoms with van der Waals surface area (Å²) in [5, 5.41) is 3.08. The summed E-state index contributed by atoms with van der Waals surface area (Å²) in [7, 11) is 0. The molecule has 1 amide bonds. The molecular weight excluding hydrogens is 438 g/mol. The summed E-state index contributed by atoms with van der Waals surface area (Å²) in [5.74, 6) is -1.56. The molecule has 6 nitrogen and oxygen atoms in total. The van der Waals surface area contributed by atoms with E-state index in [0.29, 0.717) is 22.5 Å². The number of thiophene rings is 1. The maximum Gasteiger partial charge on any atom is 0.341 e. The summed E-state index contributed by atoms with van der Waals surface area (Å²) in [6.07, 6.45) is 1.47. The van der Waals surface area contributed by atoms with Crippen molar-refractivity contribution in [1.82, 2.24) is 0 Å². The van der Waals surface area contributed by atoms with Crippen molar-refractivity contribution in [3.05, 3.63) is 87.3 Å². The van der Waals surface area contributed by atoms with Gasteiger partial charge in [0.05, 0.1) is 17.7 Å². The molecule has 3 rings (SSSR count). The van der Waals surface area contributed by atoms with Crippen LogP contribution in [0.3, 0.4) is 0 Å². The first-order chi connectivity index (χ1) is 15.9. The van der Waals surface area contributed by atoms with E-state index in [9.17, 15) is 14.4 Å². The second-order valence-electron chi connectivity index (χ2n) is 7.47. The van der Waals surface area contributed by atoms with Crippen molar-refractivity contribution in [1.29, 1.82) is 0 Å². The van der Waals surface area contributed by atoms with Crippen LogP contribution in [0.2, 0.25) is 0 Å². The molecule has 0 atom stereocenters. The molecule has 1 heterocycles. The molecule has 0 fully saturated rings. The molecule has 0 aliphatic heterocycles. The fourth-order valence-corrected chi connectivity index (χ4v) is 4.46. The normalized spacial score (nSPS) is 10.5. The second-order valence-corrected chi connectivity index (χ2v) is 8.70. The topological polar surface area (TPSA) is 81.7 Å². The molecule has 0 saturated carbocycles. The van der Waals surface area contributed by atoms with Crippen molar-refractivity contribution in [2.75, 3.05) is 18.5 Å². The Morgan fingerprint density at radius 3 is 2.30 bits per heavy atom. The first-order valence-corrected chi connectivity index (χ1v) is 11.6. The molecular formula is C26H27NO5S. The lowest BCUT2D eigenvalue weighted by molar-refractivity contribution is -0.119. The zero-order valence-electron chi connectivity index (χ0n) is 19.0. The number of benzene rings is 2. The summed E-state index contributed by atoms with van der Waals surface area (Å²) in [4.78, 5) is 38.3. The van der Waals surface area contributed by atoms with Gasteiger partial charge in [0.1, 0.15) is 5.00 Å². The number of carbonyl (C=O) groups is 3. The number of esters is 2. The number of hydrogen-bond acceptors (Lipinski definition) is 6. The van der Waals surface area contributed by atoms with E-state index in [-0.39, 0.29) is 6.61 Å². The predicted octanol–water partition coefficient (Wildman–Crippen LogP) is 5.12. The van der Waals surface area contributed by atoms with Gasteiger partial charge in [0.15, 0.2) is 6.61 Å². The third kappa shape index (κ3) is 6.29. The van der Waals surface area contributed by atoms with Gasteiger partial charge < -0.3 is 14.8 Å². The average Bonchev–Trinajstić information content (AvgIpc) is 3.09. The van der Waals surface area contributed by atoms with Gasteiger partial charge in [-0.05, 0) is 56.4 Å². The fraction of sp³-hybridized carbons (Fsp3) is 0.269. The van der Waals surface area contributed by atoms with E-state index in [1.807, 2.05) is 49.4 Å². The van der Waals surface area contributed by atoms with Crippen LogP contribution < -0.4 is 5.32 Å². The molecule has 33 heavy (non-hydrogen) atoms. The van der Waals surface area contributed by atoms with Crippen LogP contribution in [0.15, 0.2) is 54.6 Å². The van der Waals surface area contributed by atoms with Crippen molar-refractivity contribution < 1.29 is 23.9 Å². The summed E-state index contributed by atoms with van der Waals surface area (Å²) in [6.45, 7) is 5.18. The zero-order valence-corrected chi connectivity index (χ0v) is 19.8. The maximum atomic E-state index is 12.7. The van der Waals surface area contributed by atoms with Gasteiger partial charge in [-0.25, -0.2) is 9.59 Å². The highest BCUT2D eigenvalue weighted by Gasteiger charge is 2.22. The van der Waals surface area contributed by atoms with Gasteiger partial charge in [0.2, 0.25) is 0 Å². The summed E-state index contributed by atoms with van der Waals surface area (Å²) < 4.78 is 10.4. The maximum absolute atomic E-state index is 12.7. The fourth-order valence-electron chi connectivity index (χ4n) is 3.40. The Bertz CT molecular complexity index is 1140. The van der Waals surface area contributed by atoms with Crippen molar-refractivity contribution in [3.8, 4) is 0 Å². The Kier molecular flexibility index (Phi) is 8.38. The molecule has 0 unspecified atom stereocenters. The van der Waals surface area contributed by atoms with E-state index in [4.69, 9.17) is 9.47 Å². The van der Waals surface area contributed by atoms with Crippen molar-refractivity contribution in [2.45, 2.75) is 33.6 Å². The van der Waals surface area contributed by atoms with Crippen LogP contribution in [0.4, 0.5) is 5.00 Å². The zero-order chi connectivity index (χ0) is 23.8. The van der Waals surface area contributed by atoms with Crippen LogP contribution in [-0.4, -0.2) is 31.1 Å². The molecule has 7 heteroatoms. The Labute approximate surface area is 197 Å². The number of anilines is 1. The van der Waals surface area contributed by atoms with Gasteiger partial charge in [-0.2, -0.15) is 0 Å². The van der Waals surface area contributed by atoms with Crippen molar-refractivity contribution >= 4 is 34.2 Å². The number of aryl methyl sites for hydroxylation is 3. The first kappa shape index (κ1) is 24.2. The minimum atomic E-state index is -0.557. The van der Waals surface area contributed by atoms with Gasteiger partial charge in [0.25, 0.3) is 5.91 Å². The number of ether oxygens (including phenoxy) is 2. The highest BCUT2D eigenvalue weighted by molar-refractivity contribution is 7.16. The Morgan fingerprint density at radius 1 is 0.879 bits per heavy atom. The lowest BCUT2D eigenvalue weighted by atomic mass is 10.00. The predicted molar refractivity (Wildman–Crippen MR) is 129 cm³/mol. The molecule has 172 valence electrons. The van der Waals surface area contributed by atoms with Gasteiger partial charge in [-0.1, -0.05) is 48.5 Å². The molecule has 1 N–H and O–H groups in total. The smallest absolute Gasteiger partial charge is 0.341 e. The van der Waals surface area contributed by atoms with E-state index in [0.717, 1.165) is 22.4 Å². The quantitative estimate of drug-likeness (QED) is 0.444. The molecule has 0 saturated heterocycles. The monoisotopic (exact) mass is 465 g/mol. The molecule has 0 aliphatic rings. The third-order valence-electron chi connectivity index (χ3n) is 5.22. The molecule has 3 aromatic rings. The Morgan fingerprint density at radius 2 is 1.58 bits per heavy atom.